The molecule has 1 fully saturated rings. The van der Waals surface area contributed by atoms with Crippen molar-refractivity contribution in [3.8, 4) is 0 Å². The Bertz CT molecular complexity index is 253. The fraction of sp³-hybridized carbons (Fsp3) is 0.800. The van der Waals surface area contributed by atoms with Gasteiger partial charge in [-0.3, -0.25) is 4.79 Å². The van der Waals surface area contributed by atoms with E-state index >= 15 is 0 Å². The van der Waals surface area contributed by atoms with Crippen LogP contribution >= 0.6 is 0 Å². The molecule has 0 aromatic carbocycles. The molecule has 1 atom stereocenters. The Kier molecular flexibility index (Phi) is 5.21. The quantitative estimate of drug-likeness (QED) is 0.432. The van der Waals surface area contributed by atoms with Crippen LogP contribution < -0.4 is 10.6 Å². The minimum absolute atomic E-state index is 0.0388. The molecule has 0 aromatic heterocycles. The highest BCUT2D eigenvalue weighted by atomic mass is 16.4. The minimum Gasteiger partial charge on any atom is -0.480 e. The van der Waals surface area contributed by atoms with Gasteiger partial charge in [0, 0.05) is 32.0 Å². The van der Waals surface area contributed by atoms with Gasteiger partial charge in [-0.05, 0) is 12.8 Å². The van der Waals surface area contributed by atoms with Crippen LogP contribution in [0.2, 0.25) is 0 Å². The normalized spacial score (nSPS) is 16.8. The maximum absolute atomic E-state index is 11.3. The first-order chi connectivity index (χ1) is 7.63. The van der Waals surface area contributed by atoms with Crippen LogP contribution in [0.3, 0.4) is 0 Å². The van der Waals surface area contributed by atoms with Gasteiger partial charge in [-0.15, -0.1) is 0 Å². The Balaban J connectivity index is 2.15. The molecule has 16 heavy (non-hydrogen) atoms. The molecule has 92 valence electrons. The Morgan fingerprint density at radius 1 is 1.38 bits per heavy atom. The molecular weight excluding hydrogens is 212 g/mol. The maximum atomic E-state index is 11.3. The molecule has 6 nitrogen and oxygen atoms in total. The summed E-state index contributed by atoms with van der Waals surface area (Å²) in [5.74, 6) is -1.41. The van der Waals surface area contributed by atoms with Crippen LogP contribution in [0.4, 0.5) is 0 Å². The molecule has 1 rings (SSSR count). The first-order valence-electron chi connectivity index (χ1n) is 5.50. The van der Waals surface area contributed by atoms with E-state index in [1.54, 1.807) is 0 Å². The van der Waals surface area contributed by atoms with Crippen LogP contribution in [0, 0.1) is 0 Å². The van der Waals surface area contributed by atoms with Crippen molar-refractivity contribution >= 4 is 11.9 Å². The number of hydrogen-bond donors (Lipinski definition) is 4. The van der Waals surface area contributed by atoms with E-state index in [9.17, 15) is 9.59 Å². The van der Waals surface area contributed by atoms with Crippen LogP contribution in [-0.4, -0.2) is 47.3 Å². The number of carboxylic acid groups (broad SMARTS) is 1. The van der Waals surface area contributed by atoms with E-state index in [1.165, 1.54) is 0 Å². The topological polar surface area (TPSA) is 98.7 Å². The fourth-order valence-corrected chi connectivity index (χ4v) is 1.33. The van der Waals surface area contributed by atoms with Crippen LogP contribution in [0.5, 0.6) is 0 Å². The van der Waals surface area contributed by atoms with E-state index < -0.39 is 12.0 Å². The zero-order chi connectivity index (χ0) is 12.0. The van der Waals surface area contributed by atoms with Gasteiger partial charge < -0.3 is 20.8 Å². The number of nitrogens with one attached hydrogen (secondary N) is 2. The average molecular weight is 230 g/mol. The smallest absolute Gasteiger partial charge is 0.326 e. The molecule has 0 unspecified atom stereocenters. The van der Waals surface area contributed by atoms with Crippen LogP contribution in [0.1, 0.15) is 25.7 Å². The van der Waals surface area contributed by atoms with Gasteiger partial charge in [0.25, 0.3) is 0 Å². The summed E-state index contributed by atoms with van der Waals surface area (Å²) in [7, 11) is 0. The van der Waals surface area contributed by atoms with E-state index in [0.717, 1.165) is 12.8 Å². The molecule has 4 N–H and O–H groups in total. The standard InChI is InChI=1S/C10H18N2O4/c13-6-4-8(10(15)16)12-9(14)3-5-11-7-1-2-7/h7-8,11,13H,1-6H2,(H,12,14)(H,15,16)/t8-/m0/s1. The highest BCUT2D eigenvalue weighted by Crippen LogP contribution is 2.18. The first kappa shape index (κ1) is 12.9. The predicted octanol–water partition coefficient (Wildman–Crippen LogP) is -0.920. The number of aliphatic hydroxyl groups is 1. The Morgan fingerprint density at radius 2 is 2.06 bits per heavy atom. The maximum Gasteiger partial charge on any atom is 0.326 e. The molecule has 0 saturated heterocycles. The molecule has 1 saturated carbocycles. The Morgan fingerprint density at radius 3 is 2.56 bits per heavy atom. The zero-order valence-electron chi connectivity index (χ0n) is 9.11. The lowest BCUT2D eigenvalue weighted by Gasteiger charge is -2.13. The monoisotopic (exact) mass is 230 g/mol. The van der Waals surface area contributed by atoms with Gasteiger partial charge >= 0.3 is 5.97 Å². The Hall–Kier alpha value is -1.14. The van der Waals surface area contributed by atoms with Crippen LogP contribution in [-0.2, 0) is 9.59 Å². The minimum atomic E-state index is -1.11. The molecule has 1 amide bonds. The zero-order valence-corrected chi connectivity index (χ0v) is 9.11. The fourth-order valence-electron chi connectivity index (χ4n) is 1.33. The third kappa shape index (κ3) is 5.09. The lowest BCUT2D eigenvalue weighted by Crippen LogP contribution is -2.42. The average Bonchev–Trinajstić information content (AvgIpc) is 3.01. The van der Waals surface area contributed by atoms with E-state index in [2.05, 4.69) is 10.6 Å². The summed E-state index contributed by atoms with van der Waals surface area (Å²) in [5, 5.41) is 22.9. The van der Waals surface area contributed by atoms with Gasteiger partial charge in [0.05, 0.1) is 0 Å². The van der Waals surface area contributed by atoms with Gasteiger partial charge in [-0.1, -0.05) is 0 Å². The molecule has 0 aromatic rings. The summed E-state index contributed by atoms with van der Waals surface area (Å²) in [6.07, 6.45) is 2.62. The lowest BCUT2D eigenvalue weighted by atomic mass is 10.2. The number of carbonyl (C=O) groups excluding carboxylic acids is 1. The second-order valence-corrected chi connectivity index (χ2v) is 3.95. The molecule has 1 aliphatic carbocycles. The molecule has 0 aliphatic heterocycles. The largest absolute Gasteiger partial charge is 0.480 e. The van der Waals surface area contributed by atoms with Gasteiger partial charge in [-0.25, -0.2) is 4.79 Å². The summed E-state index contributed by atoms with van der Waals surface area (Å²) < 4.78 is 0. The molecule has 0 bridgehead atoms. The molecule has 0 spiro atoms. The lowest BCUT2D eigenvalue weighted by molar-refractivity contribution is -0.142. The van der Waals surface area contributed by atoms with Crippen LogP contribution in [0.25, 0.3) is 0 Å². The van der Waals surface area contributed by atoms with Gasteiger partial charge in [0.15, 0.2) is 0 Å². The number of amides is 1. The molecule has 1 aliphatic rings. The number of carbonyl (C=O) groups is 2. The second-order valence-electron chi connectivity index (χ2n) is 3.95. The van der Waals surface area contributed by atoms with Crippen molar-refractivity contribution in [2.75, 3.05) is 13.2 Å². The van der Waals surface area contributed by atoms with Crippen molar-refractivity contribution in [2.45, 2.75) is 37.8 Å². The highest BCUT2D eigenvalue weighted by molar-refractivity contribution is 5.83. The first-order valence-corrected chi connectivity index (χ1v) is 5.50. The van der Waals surface area contributed by atoms with Crippen molar-refractivity contribution in [3.63, 3.8) is 0 Å². The van der Waals surface area contributed by atoms with Gasteiger partial charge in [0.2, 0.25) is 5.91 Å². The number of hydrogen-bond acceptors (Lipinski definition) is 4. The summed E-state index contributed by atoms with van der Waals surface area (Å²) in [6, 6.07) is -0.445. The SMILES string of the molecule is O=C(CCNC1CC1)N[C@@H](CCO)C(=O)O. The Labute approximate surface area is 94.0 Å². The summed E-state index contributed by atoms with van der Waals surface area (Å²) in [5.41, 5.74) is 0. The predicted molar refractivity (Wildman–Crippen MR) is 56.9 cm³/mol. The van der Waals surface area contributed by atoms with Gasteiger partial charge in [-0.2, -0.15) is 0 Å². The number of aliphatic carboxylic acids is 1. The highest BCUT2D eigenvalue weighted by Gasteiger charge is 2.21. The van der Waals surface area contributed by atoms with Crippen molar-refractivity contribution in [1.29, 1.82) is 0 Å². The van der Waals surface area contributed by atoms with E-state index in [4.69, 9.17) is 10.2 Å². The van der Waals surface area contributed by atoms with Gasteiger partial charge in [0.1, 0.15) is 6.04 Å². The second kappa shape index (κ2) is 6.44. The number of rotatable bonds is 8. The van der Waals surface area contributed by atoms with E-state index in [0.29, 0.717) is 12.6 Å². The summed E-state index contributed by atoms with van der Waals surface area (Å²) in [6.45, 7) is 0.319. The van der Waals surface area contributed by atoms with Crippen molar-refractivity contribution in [1.82, 2.24) is 10.6 Å². The van der Waals surface area contributed by atoms with E-state index in [-0.39, 0.29) is 25.4 Å². The third-order valence-corrected chi connectivity index (χ3v) is 2.41. The molecule has 0 heterocycles. The van der Waals surface area contributed by atoms with Crippen molar-refractivity contribution < 1.29 is 19.8 Å². The third-order valence-electron chi connectivity index (χ3n) is 2.41. The molecular formula is C10H18N2O4. The molecule has 6 heteroatoms. The number of carboxylic acids is 1. The summed E-state index contributed by atoms with van der Waals surface area (Å²) in [4.78, 5) is 22.0. The van der Waals surface area contributed by atoms with E-state index in [1.807, 2.05) is 0 Å². The van der Waals surface area contributed by atoms with Crippen LogP contribution in [0.15, 0.2) is 0 Å². The molecule has 0 radical (unpaired) electrons. The summed E-state index contributed by atoms with van der Waals surface area (Å²) >= 11 is 0. The van der Waals surface area contributed by atoms with Crippen molar-refractivity contribution in [2.24, 2.45) is 0 Å². The number of aliphatic hydroxyl groups excluding tert-OH is 1. The van der Waals surface area contributed by atoms with Crippen molar-refractivity contribution in [3.05, 3.63) is 0 Å².